The van der Waals surface area contributed by atoms with Gasteiger partial charge in [0.25, 0.3) is 5.89 Å². The topological polar surface area (TPSA) is 69.4 Å². The van der Waals surface area contributed by atoms with E-state index in [1.54, 1.807) is 0 Å². The third-order valence-electron chi connectivity index (χ3n) is 2.73. The molecule has 96 valence electrons. The molecule has 1 saturated heterocycles. The smallest absolute Gasteiger partial charge is 0.252 e. The molecule has 0 aromatic carbocycles. The highest BCUT2D eigenvalue weighted by molar-refractivity contribution is 4.91. The van der Waals surface area contributed by atoms with Gasteiger partial charge in [0.05, 0.1) is 12.2 Å². The molecule has 1 aliphatic rings. The van der Waals surface area contributed by atoms with Gasteiger partial charge in [-0.1, -0.05) is 5.16 Å². The van der Waals surface area contributed by atoms with E-state index in [0.717, 1.165) is 13.1 Å². The number of hydrogen-bond donors (Lipinski definition) is 1. The largest absolute Gasteiger partial charge is 0.381 e. The molecule has 0 bridgehead atoms. The van der Waals surface area contributed by atoms with Crippen molar-refractivity contribution in [1.29, 1.82) is 0 Å². The lowest BCUT2D eigenvalue weighted by Crippen LogP contribution is -2.58. The van der Waals surface area contributed by atoms with Crippen molar-refractivity contribution in [3.63, 3.8) is 0 Å². The van der Waals surface area contributed by atoms with Crippen molar-refractivity contribution in [3.8, 4) is 0 Å². The zero-order valence-electron chi connectivity index (χ0n) is 10.4. The normalized spacial score (nSPS) is 18.0. The standard InChI is InChI=1S/C11H19N3O3/c1-3-15-5-4-9-13-10(17-14-9)6-16-11(2)7-12-8-11/h12H,3-8H2,1-2H3. The Morgan fingerprint density at radius 3 is 2.94 bits per heavy atom. The first-order valence-corrected chi connectivity index (χ1v) is 5.96. The van der Waals surface area contributed by atoms with E-state index in [1.807, 2.05) is 6.92 Å². The van der Waals surface area contributed by atoms with E-state index in [2.05, 4.69) is 22.4 Å². The molecule has 0 aliphatic carbocycles. The molecule has 0 saturated carbocycles. The Kier molecular flexibility index (Phi) is 4.09. The Morgan fingerprint density at radius 2 is 2.29 bits per heavy atom. The van der Waals surface area contributed by atoms with Crippen LogP contribution in [0.4, 0.5) is 0 Å². The van der Waals surface area contributed by atoms with Crippen LogP contribution in [0.1, 0.15) is 25.6 Å². The fourth-order valence-corrected chi connectivity index (χ4v) is 1.57. The number of ether oxygens (including phenoxy) is 2. The summed E-state index contributed by atoms with van der Waals surface area (Å²) in [5.74, 6) is 1.21. The minimum atomic E-state index is -0.0834. The lowest BCUT2D eigenvalue weighted by molar-refractivity contribution is -0.0841. The maximum atomic E-state index is 5.70. The van der Waals surface area contributed by atoms with Gasteiger partial charge in [-0.05, 0) is 13.8 Å². The van der Waals surface area contributed by atoms with E-state index in [4.69, 9.17) is 14.0 Å². The van der Waals surface area contributed by atoms with Crippen LogP contribution in [-0.4, -0.2) is 42.0 Å². The van der Waals surface area contributed by atoms with Crippen molar-refractivity contribution in [2.45, 2.75) is 32.5 Å². The second-order valence-corrected chi connectivity index (χ2v) is 4.39. The fraction of sp³-hybridized carbons (Fsp3) is 0.818. The van der Waals surface area contributed by atoms with Crippen LogP contribution < -0.4 is 5.32 Å². The van der Waals surface area contributed by atoms with E-state index in [0.29, 0.717) is 38.0 Å². The summed E-state index contributed by atoms with van der Waals surface area (Å²) in [6, 6.07) is 0. The molecule has 0 atom stereocenters. The molecular formula is C11H19N3O3. The van der Waals surface area contributed by atoms with Crippen molar-refractivity contribution in [2.24, 2.45) is 0 Å². The average Bonchev–Trinajstić information content (AvgIpc) is 2.72. The van der Waals surface area contributed by atoms with Gasteiger partial charge in [-0.3, -0.25) is 0 Å². The molecule has 1 aromatic heterocycles. The lowest BCUT2D eigenvalue weighted by Gasteiger charge is -2.38. The second kappa shape index (κ2) is 5.57. The SMILES string of the molecule is CCOCCc1noc(COC2(C)CNC2)n1. The molecule has 6 nitrogen and oxygen atoms in total. The predicted octanol–water partition coefficient (Wildman–Crippen LogP) is 0.527. The van der Waals surface area contributed by atoms with Crippen LogP contribution in [0.3, 0.4) is 0 Å². The third-order valence-corrected chi connectivity index (χ3v) is 2.73. The molecule has 0 radical (unpaired) electrons. The highest BCUT2D eigenvalue weighted by Gasteiger charge is 2.32. The predicted molar refractivity (Wildman–Crippen MR) is 60.6 cm³/mol. The summed E-state index contributed by atoms with van der Waals surface area (Å²) in [5.41, 5.74) is -0.0834. The molecule has 0 amide bonds. The maximum absolute atomic E-state index is 5.70. The first-order chi connectivity index (χ1) is 8.22. The summed E-state index contributed by atoms with van der Waals surface area (Å²) in [6.45, 7) is 7.48. The molecule has 1 aromatic rings. The molecular weight excluding hydrogens is 222 g/mol. The van der Waals surface area contributed by atoms with Crippen molar-refractivity contribution >= 4 is 0 Å². The highest BCUT2D eigenvalue weighted by atomic mass is 16.5. The minimum absolute atomic E-state index is 0.0834. The van der Waals surface area contributed by atoms with Gasteiger partial charge in [0.1, 0.15) is 6.61 Å². The summed E-state index contributed by atoms with van der Waals surface area (Å²) < 4.78 is 16.0. The summed E-state index contributed by atoms with van der Waals surface area (Å²) in [5, 5.41) is 7.04. The Morgan fingerprint density at radius 1 is 1.47 bits per heavy atom. The van der Waals surface area contributed by atoms with Gasteiger partial charge < -0.3 is 19.3 Å². The van der Waals surface area contributed by atoms with E-state index >= 15 is 0 Å². The van der Waals surface area contributed by atoms with Gasteiger partial charge in [0, 0.05) is 26.1 Å². The second-order valence-electron chi connectivity index (χ2n) is 4.39. The Labute approximate surface area is 101 Å². The Hall–Kier alpha value is -0.980. The fourth-order valence-electron chi connectivity index (χ4n) is 1.57. The summed E-state index contributed by atoms with van der Waals surface area (Å²) >= 11 is 0. The van der Waals surface area contributed by atoms with E-state index in [9.17, 15) is 0 Å². The molecule has 0 spiro atoms. The molecule has 1 N–H and O–H groups in total. The van der Waals surface area contributed by atoms with Crippen molar-refractivity contribution < 1.29 is 14.0 Å². The molecule has 2 heterocycles. The number of nitrogens with zero attached hydrogens (tertiary/aromatic N) is 2. The van der Waals surface area contributed by atoms with Crippen LogP contribution >= 0.6 is 0 Å². The van der Waals surface area contributed by atoms with E-state index in [1.165, 1.54) is 0 Å². The zero-order valence-corrected chi connectivity index (χ0v) is 10.4. The summed E-state index contributed by atoms with van der Waals surface area (Å²) in [6.07, 6.45) is 0.677. The monoisotopic (exact) mass is 241 g/mol. The molecule has 17 heavy (non-hydrogen) atoms. The van der Waals surface area contributed by atoms with Crippen LogP contribution in [0.2, 0.25) is 0 Å². The number of hydrogen-bond acceptors (Lipinski definition) is 6. The van der Waals surface area contributed by atoms with Crippen molar-refractivity contribution in [2.75, 3.05) is 26.3 Å². The van der Waals surface area contributed by atoms with Gasteiger partial charge >= 0.3 is 0 Å². The van der Waals surface area contributed by atoms with E-state index < -0.39 is 0 Å². The lowest BCUT2D eigenvalue weighted by atomic mass is 10.0. The third kappa shape index (κ3) is 3.49. The molecule has 6 heteroatoms. The minimum Gasteiger partial charge on any atom is -0.381 e. The summed E-state index contributed by atoms with van der Waals surface area (Å²) in [4.78, 5) is 4.24. The van der Waals surface area contributed by atoms with Crippen LogP contribution in [0.15, 0.2) is 4.52 Å². The number of rotatable bonds is 7. The Balaban J connectivity index is 1.73. The first-order valence-electron chi connectivity index (χ1n) is 5.96. The van der Waals surface area contributed by atoms with Crippen LogP contribution in [0.5, 0.6) is 0 Å². The average molecular weight is 241 g/mol. The number of nitrogens with one attached hydrogen (secondary N) is 1. The van der Waals surface area contributed by atoms with Gasteiger partial charge in [0.2, 0.25) is 0 Å². The van der Waals surface area contributed by atoms with Gasteiger partial charge in [0.15, 0.2) is 5.82 Å². The quantitative estimate of drug-likeness (QED) is 0.702. The maximum Gasteiger partial charge on any atom is 0.252 e. The molecule has 0 unspecified atom stereocenters. The van der Waals surface area contributed by atoms with Gasteiger partial charge in [-0.2, -0.15) is 4.98 Å². The zero-order chi connectivity index (χ0) is 12.1. The van der Waals surface area contributed by atoms with Crippen LogP contribution in [-0.2, 0) is 22.5 Å². The van der Waals surface area contributed by atoms with Gasteiger partial charge in [-0.15, -0.1) is 0 Å². The highest BCUT2D eigenvalue weighted by Crippen LogP contribution is 2.17. The summed E-state index contributed by atoms with van der Waals surface area (Å²) in [7, 11) is 0. The van der Waals surface area contributed by atoms with E-state index in [-0.39, 0.29) is 5.60 Å². The molecule has 1 fully saturated rings. The molecule has 1 aliphatic heterocycles. The van der Waals surface area contributed by atoms with Crippen LogP contribution in [0, 0.1) is 0 Å². The van der Waals surface area contributed by atoms with Crippen LogP contribution in [0.25, 0.3) is 0 Å². The van der Waals surface area contributed by atoms with Crippen molar-refractivity contribution in [3.05, 3.63) is 11.7 Å². The molecule has 2 rings (SSSR count). The number of aromatic nitrogens is 2. The first kappa shape index (κ1) is 12.5. The van der Waals surface area contributed by atoms with Crippen molar-refractivity contribution in [1.82, 2.24) is 15.5 Å². The Bertz CT molecular complexity index is 349. The van der Waals surface area contributed by atoms with Gasteiger partial charge in [-0.25, -0.2) is 0 Å².